The first-order valence-corrected chi connectivity index (χ1v) is 9.61. The third-order valence-corrected chi connectivity index (χ3v) is 3.20. The smallest absolute Gasteiger partial charge is 0.313 e. The highest BCUT2D eigenvalue weighted by Crippen LogP contribution is 2.17. The van der Waals surface area contributed by atoms with E-state index in [0.29, 0.717) is 6.42 Å². The number of ketones is 2. The molecule has 0 aliphatic rings. The van der Waals surface area contributed by atoms with Crippen LogP contribution in [0.25, 0.3) is 0 Å². The lowest BCUT2D eigenvalue weighted by atomic mass is 9.98. The Kier molecular flexibility index (Phi) is 16.7. The Morgan fingerprint density at radius 1 is 1.04 bits per heavy atom. The number of carbonyl (C=O) groups excluding carboxylic acids is 3. The molecular formula is C22H32F2O4. The summed E-state index contributed by atoms with van der Waals surface area (Å²) in [5.74, 6) is -4.26. The fourth-order valence-corrected chi connectivity index (χ4v) is 1.94. The first-order chi connectivity index (χ1) is 13.3. The minimum atomic E-state index is -0.999. The van der Waals surface area contributed by atoms with Gasteiger partial charge >= 0.3 is 5.97 Å². The standard InChI is InChI=1S/C17H18F2O4.C3H8.C2H6/c1-3-4-6-11(14(20)10-16(22)23-2)9-15(21)17-12(18)7-5-8-13(17)19;1-3-2;1-2/h5,7-9H,3-4,6,10H2,1-2H3;3H2,1-2H3;1-2H3/b11-9-;;. The van der Waals surface area contributed by atoms with Crippen molar-refractivity contribution in [2.75, 3.05) is 7.11 Å². The van der Waals surface area contributed by atoms with Gasteiger partial charge in [-0.1, -0.05) is 53.5 Å². The van der Waals surface area contributed by atoms with E-state index in [1.807, 2.05) is 20.8 Å². The second-order valence-corrected chi connectivity index (χ2v) is 5.62. The highest BCUT2D eigenvalue weighted by molar-refractivity contribution is 6.13. The maximum absolute atomic E-state index is 13.6. The van der Waals surface area contributed by atoms with E-state index in [1.165, 1.54) is 6.42 Å². The van der Waals surface area contributed by atoms with Crippen LogP contribution in [0.5, 0.6) is 0 Å². The third kappa shape index (κ3) is 10.7. The zero-order valence-electron chi connectivity index (χ0n) is 17.7. The van der Waals surface area contributed by atoms with Crippen molar-refractivity contribution < 1.29 is 27.9 Å². The molecule has 4 nitrogen and oxygen atoms in total. The molecule has 1 aromatic rings. The zero-order valence-corrected chi connectivity index (χ0v) is 17.7. The molecule has 0 aromatic heterocycles. The number of esters is 1. The van der Waals surface area contributed by atoms with E-state index in [4.69, 9.17) is 0 Å². The van der Waals surface area contributed by atoms with Gasteiger partial charge in [0.2, 0.25) is 0 Å². The van der Waals surface area contributed by atoms with Gasteiger partial charge in [-0.05, 0) is 36.6 Å². The molecule has 1 aromatic carbocycles. The second-order valence-electron chi connectivity index (χ2n) is 5.62. The summed E-state index contributed by atoms with van der Waals surface area (Å²) >= 11 is 0. The number of allylic oxidation sites excluding steroid dienone is 2. The van der Waals surface area contributed by atoms with Crippen LogP contribution in [-0.2, 0) is 14.3 Å². The normalized spacial score (nSPS) is 10.1. The molecule has 0 amide bonds. The summed E-state index contributed by atoms with van der Waals surface area (Å²) in [6.07, 6.45) is 3.24. The Labute approximate surface area is 167 Å². The van der Waals surface area contributed by atoms with E-state index in [-0.39, 0.29) is 12.0 Å². The topological polar surface area (TPSA) is 60.4 Å². The van der Waals surface area contributed by atoms with Crippen LogP contribution < -0.4 is 0 Å². The fraction of sp³-hybridized carbons (Fsp3) is 0.500. The summed E-state index contributed by atoms with van der Waals surface area (Å²) < 4.78 is 31.7. The molecule has 0 unspecified atom stereocenters. The molecule has 0 fully saturated rings. The predicted molar refractivity (Wildman–Crippen MR) is 107 cm³/mol. The van der Waals surface area contributed by atoms with Gasteiger partial charge in [-0.2, -0.15) is 0 Å². The maximum Gasteiger partial charge on any atom is 0.313 e. The van der Waals surface area contributed by atoms with Crippen molar-refractivity contribution in [3.05, 3.63) is 47.0 Å². The molecule has 6 heteroatoms. The molecule has 0 heterocycles. The van der Waals surface area contributed by atoms with Gasteiger partial charge in [0.05, 0.1) is 12.7 Å². The van der Waals surface area contributed by atoms with Gasteiger partial charge in [-0.15, -0.1) is 0 Å². The molecule has 28 heavy (non-hydrogen) atoms. The van der Waals surface area contributed by atoms with Crippen LogP contribution in [0.1, 0.15) is 77.1 Å². The number of ether oxygens (including phenoxy) is 1. The van der Waals surface area contributed by atoms with E-state index in [1.54, 1.807) is 0 Å². The number of hydrogen-bond acceptors (Lipinski definition) is 4. The maximum atomic E-state index is 13.6. The van der Waals surface area contributed by atoms with Crippen molar-refractivity contribution in [2.45, 2.75) is 66.7 Å². The molecule has 0 aliphatic carbocycles. The molecule has 0 saturated heterocycles. The van der Waals surface area contributed by atoms with Crippen molar-refractivity contribution >= 4 is 17.5 Å². The Bertz CT molecular complexity index is 632. The molecule has 0 N–H and O–H groups in total. The van der Waals surface area contributed by atoms with E-state index in [2.05, 4.69) is 18.6 Å². The highest BCUT2D eigenvalue weighted by Gasteiger charge is 2.19. The van der Waals surface area contributed by atoms with Crippen molar-refractivity contribution in [1.29, 1.82) is 0 Å². The number of halogens is 2. The monoisotopic (exact) mass is 398 g/mol. The SMILES string of the molecule is CC.CCC.CCCC/C(=C/C(=O)c1c(F)cccc1F)C(=O)CC(=O)OC. The number of benzene rings is 1. The van der Waals surface area contributed by atoms with E-state index >= 15 is 0 Å². The average Bonchev–Trinajstić information content (AvgIpc) is 2.67. The third-order valence-electron chi connectivity index (χ3n) is 3.20. The summed E-state index contributed by atoms with van der Waals surface area (Å²) in [6, 6.07) is 3.07. The van der Waals surface area contributed by atoms with Crippen molar-refractivity contribution in [2.24, 2.45) is 0 Å². The first-order valence-electron chi connectivity index (χ1n) is 9.61. The molecule has 0 spiro atoms. The summed E-state index contributed by atoms with van der Waals surface area (Å²) in [6.45, 7) is 10.1. The highest BCUT2D eigenvalue weighted by atomic mass is 19.1. The molecule has 0 radical (unpaired) electrons. The van der Waals surface area contributed by atoms with E-state index in [0.717, 1.165) is 37.8 Å². The van der Waals surface area contributed by atoms with Crippen molar-refractivity contribution in [3.8, 4) is 0 Å². The summed E-state index contributed by atoms with van der Waals surface area (Å²) in [4.78, 5) is 35.3. The van der Waals surface area contributed by atoms with Crippen LogP contribution in [0.4, 0.5) is 8.78 Å². The number of hydrogen-bond donors (Lipinski definition) is 0. The Hall–Kier alpha value is -2.37. The Morgan fingerprint density at radius 2 is 1.54 bits per heavy atom. The lowest BCUT2D eigenvalue weighted by molar-refractivity contribution is -0.142. The van der Waals surface area contributed by atoms with Crippen LogP contribution in [-0.4, -0.2) is 24.6 Å². The Balaban J connectivity index is 0. The number of unbranched alkanes of at least 4 members (excludes halogenated alkanes) is 1. The van der Waals surface area contributed by atoms with Crippen molar-refractivity contribution in [3.63, 3.8) is 0 Å². The van der Waals surface area contributed by atoms with Crippen LogP contribution in [0.3, 0.4) is 0 Å². The fourth-order valence-electron chi connectivity index (χ4n) is 1.94. The average molecular weight is 398 g/mol. The largest absolute Gasteiger partial charge is 0.469 e. The predicted octanol–water partition coefficient (Wildman–Crippen LogP) is 5.84. The molecule has 0 bridgehead atoms. The molecule has 0 saturated carbocycles. The first kappa shape index (κ1) is 27.8. The van der Waals surface area contributed by atoms with Crippen molar-refractivity contribution in [1.82, 2.24) is 0 Å². The van der Waals surface area contributed by atoms with Crippen LogP contribution >= 0.6 is 0 Å². The number of Topliss-reactive ketones (excluding diaryl/α,β-unsaturated/α-hetero) is 1. The molecule has 0 aliphatic heterocycles. The molecule has 0 atom stereocenters. The van der Waals surface area contributed by atoms with E-state index < -0.39 is 41.2 Å². The zero-order chi connectivity index (χ0) is 22.1. The van der Waals surface area contributed by atoms with Gasteiger partial charge in [0, 0.05) is 0 Å². The van der Waals surface area contributed by atoms with Crippen LogP contribution in [0, 0.1) is 11.6 Å². The summed E-state index contributed by atoms with van der Waals surface area (Å²) in [7, 11) is 1.14. The minimum absolute atomic E-state index is 0.0601. The van der Waals surface area contributed by atoms with Gasteiger partial charge in [-0.3, -0.25) is 14.4 Å². The number of carbonyl (C=O) groups is 3. The lowest BCUT2D eigenvalue weighted by Gasteiger charge is -2.06. The van der Waals surface area contributed by atoms with E-state index in [9.17, 15) is 23.2 Å². The number of rotatable bonds is 8. The van der Waals surface area contributed by atoms with Gasteiger partial charge in [0.25, 0.3) is 0 Å². The summed E-state index contributed by atoms with van der Waals surface area (Å²) in [5, 5.41) is 0. The van der Waals surface area contributed by atoms with Gasteiger partial charge in [0.15, 0.2) is 11.6 Å². The van der Waals surface area contributed by atoms with Crippen LogP contribution in [0.2, 0.25) is 0 Å². The van der Waals surface area contributed by atoms with Gasteiger partial charge < -0.3 is 4.74 Å². The molecule has 1 rings (SSSR count). The van der Waals surface area contributed by atoms with Crippen LogP contribution in [0.15, 0.2) is 29.8 Å². The quantitative estimate of drug-likeness (QED) is 0.239. The minimum Gasteiger partial charge on any atom is -0.469 e. The lowest BCUT2D eigenvalue weighted by Crippen LogP contribution is -2.13. The summed E-state index contributed by atoms with van der Waals surface area (Å²) in [5.41, 5.74) is -0.655. The number of methoxy groups -OCH3 is 1. The van der Waals surface area contributed by atoms with Gasteiger partial charge in [-0.25, -0.2) is 8.78 Å². The Morgan fingerprint density at radius 3 is 1.96 bits per heavy atom. The molecule has 158 valence electrons. The van der Waals surface area contributed by atoms with Gasteiger partial charge in [0.1, 0.15) is 18.1 Å². The molecular weight excluding hydrogens is 366 g/mol. The second kappa shape index (κ2) is 16.8.